The highest BCUT2D eigenvalue weighted by molar-refractivity contribution is 6.17. The Hall–Kier alpha value is -0.760. The van der Waals surface area contributed by atoms with E-state index in [-0.39, 0.29) is 5.82 Å². The molecular weight excluding hydrogens is 215 g/mol. The average Bonchev–Trinajstić information content (AvgIpc) is 2.23. The molecule has 0 amide bonds. The van der Waals surface area contributed by atoms with Crippen molar-refractivity contribution < 1.29 is 9.13 Å². The van der Waals surface area contributed by atoms with Gasteiger partial charge in [-0.1, -0.05) is 0 Å². The number of unbranched alkanes of at least 4 members (excludes halogenated alkanes) is 2. The van der Waals surface area contributed by atoms with E-state index in [1.807, 2.05) is 0 Å². The Balaban J connectivity index is 2.28. The average molecular weight is 231 g/mol. The first-order valence-corrected chi connectivity index (χ1v) is 5.72. The summed E-state index contributed by atoms with van der Waals surface area (Å²) in [6, 6.07) is 4.81. The molecule has 0 unspecified atom stereocenters. The predicted octanol–water partition coefficient (Wildman–Crippen LogP) is 3.92. The molecule has 1 aromatic carbocycles. The standard InChI is InChI=1S/C12H16ClFO/c1-10-9-11(5-6-12(10)14)15-8-4-2-3-7-13/h5-6,9H,2-4,7-8H2,1H3. The quantitative estimate of drug-likeness (QED) is 0.532. The summed E-state index contributed by atoms with van der Waals surface area (Å²) in [4.78, 5) is 0. The number of halogens is 2. The number of benzene rings is 1. The topological polar surface area (TPSA) is 9.23 Å². The van der Waals surface area contributed by atoms with Crippen molar-refractivity contribution in [3.63, 3.8) is 0 Å². The summed E-state index contributed by atoms with van der Waals surface area (Å²) in [5, 5.41) is 0. The highest BCUT2D eigenvalue weighted by Gasteiger charge is 1.99. The minimum atomic E-state index is -0.190. The van der Waals surface area contributed by atoms with Crippen LogP contribution in [0, 0.1) is 12.7 Å². The molecule has 0 bridgehead atoms. The van der Waals surface area contributed by atoms with Gasteiger partial charge < -0.3 is 4.74 Å². The summed E-state index contributed by atoms with van der Waals surface area (Å²) < 4.78 is 18.4. The first kappa shape index (κ1) is 12.3. The molecule has 3 heteroatoms. The summed E-state index contributed by atoms with van der Waals surface area (Å²) in [7, 11) is 0. The molecule has 0 aliphatic carbocycles. The molecule has 0 atom stereocenters. The zero-order valence-electron chi connectivity index (χ0n) is 8.93. The Morgan fingerprint density at radius 1 is 1.27 bits per heavy atom. The Kier molecular flexibility index (Phi) is 5.48. The van der Waals surface area contributed by atoms with E-state index < -0.39 is 0 Å². The summed E-state index contributed by atoms with van der Waals surface area (Å²) >= 11 is 5.55. The maximum atomic E-state index is 12.9. The van der Waals surface area contributed by atoms with E-state index in [2.05, 4.69) is 0 Å². The van der Waals surface area contributed by atoms with Crippen molar-refractivity contribution in [2.45, 2.75) is 26.2 Å². The third-order valence-electron chi connectivity index (χ3n) is 2.18. The third-order valence-corrected chi connectivity index (χ3v) is 2.44. The molecule has 0 radical (unpaired) electrons. The van der Waals surface area contributed by atoms with Crippen molar-refractivity contribution in [2.24, 2.45) is 0 Å². The van der Waals surface area contributed by atoms with E-state index >= 15 is 0 Å². The maximum absolute atomic E-state index is 12.9. The molecule has 0 saturated heterocycles. The van der Waals surface area contributed by atoms with Crippen LogP contribution in [0.5, 0.6) is 5.75 Å². The molecule has 0 fully saturated rings. The fourth-order valence-corrected chi connectivity index (χ4v) is 1.46. The zero-order valence-corrected chi connectivity index (χ0v) is 9.69. The Morgan fingerprint density at radius 3 is 2.73 bits per heavy atom. The summed E-state index contributed by atoms with van der Waals surface area (Å²) in [6.07, 6.45) is 3.08. The molecule has 0 N–H and O–H groups in total. The minimum Gasteiger partial charge on any atom is -0.494 e. The van der Waals surface area contributed by atoms with Crippen LogP contribution in [0.1, 0.15) is 24.8 Å². The van der Waals surface area contributed by atoms with E-state index in [1.165, 1.54) is 6.07 Å². The van der Waals surface area contributed by atoms with Crippen LogP contribution in [0.25, 0.3) is 0 Å². The van der Waals surface area contributed by atoms with Gasteiger partial charge in [0.1, 0.15) is 11.6 Å². The molecule has 0 aromatic heterocycles. The Labute approximate surface area is 95.2 Å². The van der Waals surface area contributed by atoms with Gasteiger partial charge in [0.2, 0.25) is 0 Å². The van der Waals surface area contributed by atoms with Gasteiger partial charge in [0.15, 0.2) is 0 Å². The maximum Gasteiger partial charge on any atom is 0.126 e. The van der Waals surface area contributed by atoms with Crippen LogP contribution in [0.4, 0.5) is 4.39 Å². The number of hydrogen-bond donors (Lipinski definition) is 0. The van der Waals surface area contributed by atoms with Gasteiger partial charge in [0, 0.05) is 5.88 Å². The molecule has 0 aliphatic rings. The number of hydrogen-bond acceptors (Lipinski definition) is 1. The van der Waals surface area contributed by atoms with Crippen molar-refractivity contribution in [1.29, 1.82) is 0 Å². The van der Waals surface area contributed by atoms with Crippen molar-refractivity contribution in [2.75, 3.05) is 12.5 Å². The highest BCUT2D eigenvalue weighted by Crippen LogP contribution is 2.16. The molecule has 1 aromatic rings. The number of rotatable bonds is 6. The van der Waals surface area contributed by atoms with Crippen LogP contribution in [-0.4, -0.2) is 12.5 Å². The Morgan fingerprint density at radius 2 is 2.07 bits per heavy atom. The lowest BCUT2D eigenvalue weighted by Gasteiger charge is -2.06. The molecule has 0 saturated carbocycles. The summed E-state index contributed by atoms with van der Waals surface area (Å²) in [5.74, 6) is 1.25. The van der Waals surface area contributed by atoms with Crippen molar-refractivity contribution in [1.82, 2.24) is 0 Å². The third kappa shape index (κ3) is 4.52. The molecule has 0 heterocycles. The second-order valence-electron chi connectivity index (χ2n) is 3.51. The first-order valence-electron chi connectivity index (χ1n) is 5.19. The minimum absolute atomic E-state index is 0.190. The monoisotopic (exact) mass is 230 g/mol. The lowest BCUT2D eigenvalue weighted by atomic mass is 10.2. The largest absolute Gasteiger partial charge is 0.494 e. The van der Waals surface area contributed by atoms with Crippen molar-refractivity contribution in [3.05, 3.63) is 29.6 Å². The van der Waals surface area contributed by atoms with E-state index in [9.17, 15) is 4.39 Å². The van der Waals surface area contributed by atoms with Crippen molar-refractivity contribution in [3.8, 4) is 5.75 Å². The van der Waals surface area contributed by atoms with Gasteiger partial charge in [-0.05, 0) is 49.9 Å². The Bertz CT molecular complexity index is 302. The van der Waals surface area contributed by atoms with Gasteiger partial charge in [0.25, 0.3) is 0 Å². The van der Waals surface area contributed by atoms with Crippen LogP contribution in [0.2, 0.25) is 0 Å². The van der Waals surface area contributed by atoms with Gasteiger partial charge in [0.05, 0.1) is 6.61 Å². The molecular formula is C12H16ClFO. The van der Waals surface area contributed by atoms with Crippen LogP contribution in [0.3, 0.4) is 0 Å². The number of alkyl halides is 1. The SMILES string of the molecule is Cc1cc(OCCCCCCl)ccc1F. The second-order valence-corrected chi connectivity index (χ2v) is 3.89. The number of ether oxygens (including phenoxy) is 1. The van der Waals surface area contributed by atoms with E-state index in [0.717, 1.165) is 25.0 Å². The van der Waals surface area contributed by atoms with Crippen LogP contribution >= 0.6 is 11.6 Å². The lowest BCUT2D eigenvalue weighted by Crippen LogP contribution is -1.98. The van der Waals surface area contributed by atoms with Gasteiger partial charge >= 0.3 is 0 Å². The molecule has 1 rings (SSSR count). The van der Waals surface area contributed by atoms with Crippen LogP contribution < -0.4 is 4.74 Å². The molecule has 84 valence electrons. The van der Waals surface area contributed by atoms with Crippen LogP contribution in [-0.2, 0) is 0 Å². The smallest absolute Gasteiger partial charge is 0.126 e. The molecule has 1 nitrogen and oxygen atoms in total. The fourth-order valence-electron chi connectivity index (χ4n) is 1.27. The van der Waals surface area contributed by atoms with Crippen LogP contribution in [0.15, 0.2) is 18.2 Å². The lowest BCUT2D eigenvalue weighted by molar-refractivity contribution is 0.305. The van der Waals surface area contributed by atoms with Crippen molar-refractivity contribution >= 4 is 11.6 Å². The summed E-state index contributed by atoms with van der Waals surface area (Å²) in [5.41, 5.74) is 0.619. The van der Waals surface area contributed by atoms with Gasteiger partial charge in [-0.15, -0.1) is 11.6 Å². The number of aryl methyl sites for hydroxylation is 1. The predicted molar refractivity (Wildman–Crippen MR) is 61.2 cm³/mol. The van der Waals surface area contributed by atoms with Gasteiger partial charge in [-0.25, -0.2) is 4.39 Å². The van der Waals surface area contributed by atoms with Gasteiger partial charge in [-0.2, -0.15) is 0 Å². The van der Waals surface area contributed by atoms with E-state index in [1.54, 1.807) is 19.1 Å². The zero-order chi connectivity index (χ0) is 11.1. The van der Waals surface area contributed by atoms with Gasteiger partial charge in [-0.3, -0.25) is 0 Å². The van der Waals surface area contributed by atoms with E-state index in [4.69, 9.17) is 16.3 Å². The molecule has 15 heavy (non-hydrogen) atoms. The second kappa shape index (κ2) is 6.67. The first-order chi connectivity index (χ1) is 7.24. The fraction of sp³-hybridized carbons (Fsp3) is 0.500. The molecule has 0 spiro atoms. The molecule has 0 aliphatic heterocycles. The normalized spacial score (nSPS) is 10.3. The highest BCUT2D eigenvalue weighted by atomic mass is 35.5. The summed E-state index contributed by atoms with van der Waals surface area (Å²) in [6.45, 7) is 2.40. The van der Waals surface area contributed by atoms with E-state index in [0.29, 0.717) is 18.1 Å².